The number of nitrogens with two attached hydrogens (primary N) is 1. The monoisotopic (exact) mass is 175 g/mol. The number of hydrogen-bond donors (Lipinski definition) is 1. The summed E-state index contributed by atoms with van der Waals surface area (Å²) in [5.74, 6) is 0.545. The summed E-state index contributed by atoms with van der Waals surface area (Å²) >= 11 is 0. The third-order valence-corrected chi connectivity index (χ3v) is 3.03. The minimum absolute atomic E-state index is 0.0768. The third-order valence-electron chi connectivity index (χ3n) is 3.03. The van der Waals surface area contributed by atoms with Crippen molar-refractivity contribution < 1.29 is 0 Å². The molecule has 13 heavy (non-hydrogen) atoms. The molecule has 0 heterocycles. The van der Waals surface area contributed by atoms with Crippen LogP contribution in [0.1, 0.15) is 37.3 Å². The average molecular weight is 175 g/mol. The van der Waals surface area contributed by atoms with Gasteiger partial charge < -0.3 is 5.73 Å². The molecule has 1 heteroatoms. The normalized spacial score (nSPS) is 21.6. The molecule has 0 aliphatic heterocycles. The Kier molecular flexibility index (Phi) is 1.92. The van der Waals surface area contributed by atoms with E-state index in [9.17, 15) is 0 Å². The molecule has 1 aromatic rings. The molecular formula is C12H17N. The second-order valence-corrected chi connectivity index (χ2v) is 4.61. The van der Waals surface area contributed by atoms with Gasteiger partial charge in [-0.3, -0.25) is 0 Å². The lowest BCUT2D eigenvalue weighted by Gasteiger charge is -2.27. The predicted molar refractivity (Wildman–Crippen MR) is 55.8 cm³/mol. The SMILES string of the molecule is CC(C)(N)[C@@H]1CCc2ccccc21. The van der Waals surface area contributed by atoms with Crippen LogP contribution in [0.5, 0.6) is 0 Å². The van der Waals surface area contributed by atoms with E-state index in [0.29, 0.717) is 5.92 Å². The Morgan fingerprint density at radius 3 is 2.69 bits per heavy atom. The van der Waals surface area contributed by atoms with E-state index in [4.69, 9.17) is 5.73 Å². The molecule has 1 atom stereocenters. The van der Waals surface area contributed by atoms with Crippen molar-refractivity contribution >= 4 is 0 Å². The van der Waals surface area contributed by atoms with Gasteiger partial charge >= 0.3 is 0 Å². The summed E-state index contributed by atoms with van der Waals surface area (Å²) in [7, 11) is 0. The van der Waals surface area contributed by atoms with Crippen molar-refractivity contribution in [3.8, 4) is 0 Å². The lowest BCUT2D eigenvalue weighted by molar-refractivity contribution is 0.409. The van der Waals surface area contributed by atoms with Gasteiger partial charge in [0.25, 0.3) is 0 Å². The summed E-state index contributed by atoms with van der Waals surface area (Å²) in [6.45, 7) is 4.25. The van der Waals surface area contributed by atoms with E-state index in [1.54, 1.807) is 0 Å². The fourth-order valence-electron chi connectivity index (χ4n) is 2.33. The number of aryl methyl sites for hydroxylation is 1. The minimum atomic E-state index is -0.0768. The summed E-state index contributed by atoms with van der Waals surface area (Å²) in [4.78, 5) is 0. The van der Waals surface area contributed by atoms with Crippen LogP contribution < -0.4 is 5.73 Å². The quantitative estimate of drug-likeness (QED) is 0.697. The Bertz CT molecular complexity index is 309. The van der Waals surface area contributed by atoms with Gasteiger partial charge in [-0.05, 0) is 37.8 Å². The van der Waals surface area contributed by atoms with Gasteiger partial charge in [0.15, 0.2) is 0 Å². The summed E-state index contributed by atoms with van der Waals surface area (Å²) in [5, 5.41) is 0. The van der Waals surface area contributed by atoms with Gasteiger partial charge in [0, 0.05) is 11.5 Å². The highest BCUT2D eigenvalue weighted by Gasteiger charge is 2.31. The maximum Gasteiger partial charge on any atom is 0.0166 e. The molecule has 0 aromatic heterocycles. The summed E-state index contributed by atoms with van der Waals surface area (Å²) in [6, 6.07) is 8.68. The van der Waals surface area contributed by atoms with Gasteiger partial charge in [-0.25, -0.2) is 0 Å². The van der Waals surface area contributed by atoms with Crippen molar-refractivity contribution in [2.45, 2.75) is 38.1 Å². The summed E-state index contributed by atoms with van der Waals surface area (Å²) in [5.41, 5.74) is 9.04. The second kappa shape index (κ2) is 2.85. The van der Waals surface area contributed by atoms with E-state index in [0.717, 1.165) is 0 Å². The second-order valence-electron chi connectivity index (χ2n) is 4.61. The van der Waals surface area contributed by atoms with Crippen LogP contribution in [0.2, 0.25) is 0 Å². The van der Waals surface area contributed by atoms with Crippen molar-refractivity contribution in [2.75, 3.05) is 0 Å². The van der Waals surface area contributed by atoms with Gasteiger partial charge in [-0.15, -0.1) is 0 Å². The van der Waals surface area contributed by atoms with Crippen LogP contribution in [-0.4, -0.2) is 5.54 Å². The number of fused-ring (bicyclic) bond motifs is 1. The molecule has 0 saturated carbocycles. The van der Waals surface area contributed by atoms with Gasteiger partial charge in [0.1, 0.15) is 0 Å². The first-order chi connectivity index (χ1) is 6.09. The molecule has 0 bridgehead atoms. The Morgan fingerprint density at radius 1 is 1.31 bits per heavy atom. The van der Waals surface area contributed by atoms with Crippen LogP contribution in [0.25, 0.3) is 0 Å². The summed E-state index contributed by atoms with van der Waals surface area (Å²) < 4.78 is 0. The summed E-state index contributed by atoms with van der Waals surface area (Å²) in [6.07, 6.45) is 2.41. The minimum Gasteiger partial charge on any atom is -0.325 e. The zero-order valence-electron chi connectivity index (χ0n) is 8.38. The first-order valence-electron chi connectivity index (χ1n) is 4.96. The first-order valence-corrected chi connectivity index (χ1v) is 4.96. The van der Waals surface area contributed by atoms with E-state index in [-0.39, 0.29) is 5.54 Å². The number of rotatable bonds is 1. The molecule has 0 radical (unpaired) electrons. The smallest absolute Gasteiger partial charge is 0.0166 e. The highest BCUT2D eigenvalue weighted by molar-refractivity contribution is 5.36. The molecule has 1 aromatic carbocycles. The lowest BCUT2D eigenvalue weighted by atomic mass is 9.84. The molecule has 0 spiro atoms. The van der Waals surface area contributed by atoms with Crippen LogP contribution in [0.4, 0.5) is 0 Å². The topological polar surface area (TPSA) is 26.0 Å². The van der Waals surface area contributed by atoms with E-state index in [2.05, 4.69) is 38.1 Å². The van der Waals surface area contributed by atoms with Crippen LogP contribution in [-0.2, 0) is 6.42 Å². The Balaban J connectivity index is 2.39. The highest BCUT2D eigenvalue weighted by Crippen LogP contribution is 2.38. The molecule has 0 unspecified atom stereocenters. The number of benzene rings is 1. The molecule has 1 aliphatic rings. The van der Waals surface area contributed by atoms with E-state index >= 15 is 0 Å². The van der Waals surface area contributed by atoms with Crippen LogP contribution in [0.15, 0.2) is 24.3 Å². The van der Waals surface area contributed by atoms with E-state index in [1.165, 1.54) is 24.0 Å². The predicted octanol–water partition coefficient (Wildman–Crippen LogP) is 2.45. The third kappa shape index (κ3) is 1.49. The Labute approximate surface area is 80.0 Å². The van der Waals surface area contributed by atoms with Crippen LogP contribution >= 0.6 is 0 Å². The first kappa shape index (κ1) is 8.76. The molecule has 2 N–H and O–H groups in total. The van der Waals surface area contributed by atoms with Gasteiger partial charge in [0.05, 0.1) is 0 Å². The Morgan fingerprint density at radius 2 is 2.00 bits per heavy atom. The lowest BCUT2D eigenvalue weighted by Crippen LogP contribution is -2.38. The molecule has 1 aliphatic carbocycles. The molecular weight excluding hydrogens is 158 g/mol. The fraction of sp³-hybridized carbons (Fsp3) is 0.500. The molecule has 0 saturated heterocycles. The fourth-order valence-corrected chi connectivity index (χ4v) is 2.33. The Hall–Kier alpha value is -0.820. The molecule has 0 amide bonds. The molecule has 2 rings (SSSR count). The van der Waals surface area contributed by atoms with Gasteiger partial charge in [0.2, 0.25) is 0 Å². The molecule has 1 nitrogen and oxygen atoms in total. The zero-order chi connectivity index (χ0) is 9.47. The van der Waals surface area contributed by atoms with Crippen molar-refractivity contribution in [2.24, 2.45) is 5.73 Å². The van der Waals surface area contributed by atoms with Crippen molar-refractivity contribution in [1.82, 2.24) is 0 Å². The highest BCUT2D eigenvalue weighted by atomic mass is 14.7. The van der Waals surface area contributed by atoms with Crippen molar-refractivity contribution in [3.05, 3.63) is 35.4 Å². The van der Waals surface area contributed by atoms with Crippen LogP contribution in [0, 0.1) is 0 Å². The zero-order valence-corrected chi connectivity index (χ0v) is 8.38. The largest absolute Gasteiger partial charge is 0.325 e. The maximum absolute atomic E-state index is 6.16. The maximum atomic E-state index is 6.16. The molecule has 0 fully saturated rings. The van der Waals surface area contributed by atoms with Crippen molar-refractivity contribution in [1.29, 1.82) is 0 Å². The van der Waals surface area contributed by atoms with Crippen molar-refractivity contribution in [3.63, 3.8) is 0 Å². The van der Waals surface area contributed by atoms with Gasteiger partial charge in [-0.1, -0.05) is 24.3 Å². The van der Waals surface area contributed by atoms with E-state index < -0.39 is 0 Å². The average Bonchev–Trinajstić information content (AvgIpc) is 2.45. The van der Waals surface area contributed by atoms with Gasteiger partial charge in [-0.2, -0.15) is 0 Å². The molecule has 70 valence electrons. The number of hydrogen-bond acceptors (Lipinski definition) is 1. The van der Waals surface area contributed by atoms with E-state index in [1.807, 2.05) is 0 Å². The standard InChI is InChI=1S/C12H17N/c1-12(2,13)11-8-7-9-5-3-4-6-10(9)11/h3-6,11H,7-8,13H2,1-2H3/t11-/m1/s1. The van der Waals surface area contributed by atoms with Crippen LogP contribution in [0.3, 0.4) is 0 Å².